The summed E-state index contributed by atoms with van der Waals surface area (Å²) in [5.41, 5.74) is 1.28. The van der Waals surface area contributed by atoms with Crippen molar-refractivity contribution in [2.75, 3.05) is 33.0 Å². The second kappa shape index (κ2) is 12.3. The molecule has 0 atom stereocenters. The molecule has 1 aliphatic rings. The molecule has 0 radical (unpaired) electrons. The van der Waals surface area contributed by atoms with E-state index >= 15 is 0 Å². The molecule has 0 spiro atoms. The highest BCUT2D eigenvalue weighted by atomic mass is 127. The van der Waals surface area contributed by atoms with Gasteiger partial charge in [0.1, 0.15) is 0 Å². The van der Waals surface area contributed by atoms with Gasteiger partial charge in [0, 0.05) is 26.2 Å². The summed E-state index contributed by atoms with van der Waals surface area (Å²) >= 11 is 0. The first-order valence-corrected chi connectivity index (χ1v) is 9.68. The number of aliphatic hydroxyl groups excluding tert-OH is 1. The fraction of sp³-hybridized carbons (Fsp3) is 0.650. The number of fused-ring (bicyclic) bond motifs is 1. The van der Waals surface area contributed by atoms with Gasteiger partial charge in [0.15, 0.2) is 17.5 Å². The van der Waals surface area contributed by atoms with Crippen molar-refractivity contribution < 1.29 is 14.6 Å². The van der Waals surface area contributed by atoms with Gasteiger partial charge in [-0.15, -0.1) is 24.0 Å². The fourth-order valence-corrected chi connectivity index (χ4v) is 3.15. The smallest absolute Gasteiger partial charge is 0.231 e. The lowest BCUT2D eigenvalue weighted by molar-refractivity contribution is 0.174. The molecule has 7 heteroatoms. The van der Waals surface area contributed by atoms with Gasteiger partial charge in [-0.3, -0.25) is 4.99 Å². The van der Waals surface area contributed by atoms with Crippen molar-refractivity contribution in [3.63, 3.8) is 0 Å². The van der Waals surface area contributed by atoms with Crippen LogP contribution >= 0.6 is 24.0 Å². The first-order valence-electron chi connectivity index (χ1n) is 9.68. The Morgan fingerprint density at radius 2 is 1.89 bits per heavy atom. The maximum Gasteiger partial charge on any atom is 0.231 e. The molecule has 6 nitrogen and oxygen atoms in total. The summed E-state index contributed by atoms with van der Waals surface area (Å²) < 4.78 is 10.8. The molecule has 0 saturated heterocycles. The van der Waals surface area contributed by atoms with Gasteiger partial charge < -0.3 is 25.2 Å². The maximum atomic E-state index is 9.37. The molecule has 0 aromatic heterocycles. The van der Waals surface area contributed by atoms with Crippen LogP contribution in [0.2, 0.25) is 0 Å². The topological polar surface area (TPSA) is 75.1 Å². The van der Waals surface area contributed by atoms with Crippen LogP contribution in [0, 0.1) is 5.41 Å². The first kappa shape index (κ1) is 23.8. The lowest BCUT2D eigenvalue weighted by Gasteiger charge is -2.29. The largest absolute Gasteiger partial charge is 0.454 e. The summed E-state index contributed by atoms with van der Waals surface area (Å²) in [7, 11) is 0. The van der Waals surface area contributed by atoms with Gasteiger partial charge in [0.2, 0.25) is 6.79 Å². The summed E-state index contributed by atoms with van der Waals surface area (Å²) in [6.07, 6.45) is 3.71. The normalized spacial score (nSPS) is 13.3. The predicted octanol–water partition coefficient (Wildman–Crippen LogP) is 3.32. The number of hydrogen-bond acceptors (Lipinski definition) is 4. The molecular formula is C20H34IN3O3. The number of ether oxygens (including phenoxy) is 2. The van der Waals surface area contributed by atoms with Crippen LogP contribution in [0.1, 0.15) is 45.6 Å². The van der Waals surface area contributed by atoms with E-state index in [1.165, 1.54) is 5.56 Å². The zero-order chi connectivity index (χ0) is 18.8. The second-order valence-electron chi connectivity index (χ2n) is 6.74. The summed E-state index contributed by atoms with van der Waals surface area (Å²) in [5.74, 6) is 2.47. The lowest BCUT2D eigenvalue weighted by atomic mass is 9.79. The van der Waals surface area contributed by atoms with Crippen LogP contribution in [0.25, 0.3) is 0 Å². The van der Waals surface area contributed by atoms with E-state index < -0.39 is 0 Å². The standard InChI is InChI=1S/C20H33N3O3.HI/c1-4-20(5-2,10-12-24)14-23-19(21-6-3)22-11-9-16-7-8-17-18(13-16)26-15-25-17;/h7-8,13,24H,4-6,9-12,14-15H2,1-3H3,(H2,21,22,23);1H. The van der Waals surface area contributed by atoms with Crippen molar-refractivity contribution in [2.24, 2.45) is 10.4 Å². The van der Waals surface area contributed by atoms with Crippen LogP contribution < -0.4 is 20.1 Å². The van der Waals surface area contributed by atoms with Crippen LogP contribution in [-0.4, -0.2) is 44.1 Å². The molecule has 1 aromatic rings. The van der Waals surface area contributed by atoms with Gasteiger partial charge in [-0.05, 0) is 55.7 Å². The molecular weight excluding hydrogens is 457 g/mol. The maximum absolute atomic E-state index is 9.37. The molecule has 0 saturated carbocycles. The highest BCUT2D eigenvalue weighted by Crippen LogP contribution is 2.32. The van der Waals surface area contributed by atoms with E-state index in [0.717, 1.165) is 62.8 Å². The average Bonchev–Trinajstić information content (AvgIpc) is 3.13. The first-order chi connectivity index (χ1) is 12.7. The number of guanidine groups is 1. The number of benzene rings is 1. The molecule has 0 aliphatic carbocycles. The summed E-state index contributed by atoms with van der Waals surface area (Å²) in [6.45, 7) is 9.26. The number of nitrogens with one attached hydrogen (secondary N) is 2. The number of halogens is 1. The Hall–Kier alpha value is -1.22. The molecule has 0 amide bonds. The minimum Gasteiger partial charge on any atom is -0.454 e. The molecule has 1 heterocycles. The van der Waals surface area contributed by atoms with E-state index in [4.69, 9.17) is 14.5 Å². The second-order valence-corrected chi connectivity index (χ2v) is 6.74. The Bertz CT molecular complexity index is 592. The van der Waals surface area contributed by atoms with Crippen molar-refractivity contribution in [1.29, 1.82) is 0 Å². The number of aliphatic hydroxyl groups is 1. The quantitative estimate of drug-likeness (QED) is 0.266. The SMILES string of the molecule is CCNC(=NCC(CC)(CC)CCO)NCCc1ccc2c(c1)OCO2.I. The molecule has 0 fully saturated rings. The molecule has 154 valence electrons. The van der Waals surface area contributed by atoms with E-state index in [-0.39, 0.29) is 36.0 Å². The Labute approximate surface area is 180 Å². The van der Waals surface area contributed by atoms with E-state index in [9.17, 15) is 5.11 Å². The van der Waals surface area contributed by atoms with E-state index in [1.54, 1.807) is 0 Å². The van der Waals surface area contributed by atoms with Gasteiger partial charge in [0.25, 0.3) is 0 Å². The Balaban J connectivity index is 0.00000364. The van der Waals surface area contributed by atoms with Crippen molar-refractivity contribution in [3.8, 4) is 11.5 Å². The molecule has 2 rings (SSSR count). The molecule has 1 aromatic carbocycles. The Morgan fingerprint density at radius 3 is 2.56 bits per heavy atom. The van der Waals surface area contributed by atoms with Gasteiger partial charge >= 0.3 is 0 Å². The van der Waals surface area contributed by atoms with Crippen LogP contribution in [0.15, 0.2) is 23.2 Å². The molecule has 27 heavy (non-hydrogen) atoms. The lowest BCUT2D eigenvalue weighted by Crippen LogP contribution is -2.39. The summed E-state index contributed by atoms with van der Waals surface area (Å²) in [5, 5.41) is 16.1. The summed E-state index contributed by atoms with van der Waals surface area (Å²) in [4.78, 5) is 4.77. The van der Waals surface area contributed by atoms with E-state index in [0.29, 0.717) is 6.79 Å². The molecule has 0 bridgehead atoms. The monoisotopic (exact) mass is 491 g/mol. The van der Waals surface area contributed by atoms with E-state index in [1.807, 2.05) is 12.1 Å². The fourth-order valence-electron chi connectivity index (χ4n) is 3.15. The third kappa shape index (κ3) is 7.03. The number of aliphatic imine (C=N–C) groups is 1. The average molecular weight is 491 g/mol. The molecule has 1 aliphatic heterocycles. The number of nitrogens with zero attached hydrogens (tertiary/aromatic N) is 1. The van der Waals surface area contributed by atoms with Crippen molar-refractivity contribution in [3.05, 3.63) is 23.8 Å². The minimum atomic E-state index is 0. The predicted molar refractivity (Wildman–Crippen MR) is 120 cm³/mol. The highest BCUT2D eigenvalue weighted by Gasteiger charge is 2.25. The van der Waals surface area contributed by atoms with Gasteiger partial charge in [-0.2, -0.15) is 0 Å². The Morgan fingerprint density at radius 1 is 1.15 bits per heavy atom. The van der Waals surface area contributed by atoms with Gasteiger partial charge in [0.05, 0.1) is 0 Å². The molecule has 0 unspecified atom stereocenters. The van der Waals surface area contributed by atoms with Crippen LogP contribution in [0.5, 0.6) is 11.5 Å². The Kier molecular flexibility index (Phi) is 10.8. The highest BCUT2D eigenvalue weighted by molar-refractivity contribution is 14.0. The van der Waals surface area contributed by atoms with Gasteiger partial charge in [-0.25, -0.2) is 0 Å². The zero-order valence-electron chi connectivity index (χ0n) is 16.7. The zero-order valence-corrected chi connectivity index (χ0v) is 19.0. The van der Waals surface area contributed by atoms with E-state index in [2.05, 4.69) is 37.5 Å². The number of rotatable bonds is 10. The van der Waals surface area contributed by atoms with Crippen molar-refractivity contribution >= 4 is 29.9 Å². The summed E-state index contributed by atoms with van der Waals surface area (Å²) in [6, 6.07) is 6.07. The third-order valence-corrected chi connectivity index (χ3v) is 5.20. The van der Waals surface area contributed by atoms with Crippen LogP contribution in [0.3, 0.4) is 0 Å². The molecule has 3 N–H and O–H groups in total. The van der Waals surface area contributed by atoms with Crippen molar-refractivity contribution in [2.45, 2.75) is 46.5 Å². The third-order valence-electron chi connectivity index (χ3n) is 5.20. The van der Waals surface area contributed by atoms with Crippen molar-refractivity contribution in [1.82, 2.24) is 10.6 Å². The number of hydrogen-bond donors (Lipinski definition) is 3. The van der Waals surface area contributed by atoms with Crippen LogP contribution in [0.4, 0.5) is 0 Å². The minimum absolute atomic E-state index is 0. The van der Waals surface area contributed by atoms with Crippen LogP contribution in [-0.2, 0) is 6.42 Å². The van der Waals surface area contributed by atoms with Gasteiger partial charge in [-0.1, -0.05) is 19.9 Å².